The number of carbonyl (C=O) groups is 1. The normalized spacial score (nSPS) is 26.7. The SMILES string of the molecule is Cl.NCC(NS(=O)(=O)C1CCCN(C(=O)C2CCCC2)C1)C1CCCC1. The first kappa shape index (κ1) is 21.9. The van der Waals surface area contributed by atoms with Gasteiger partial charge < -0.3 is 10.6 Å². The number of nitrogens with zero attached hydrogens (tertiary/aromatic N) is 1. The molecular formula is C18H34ClN3O3S. The van der Waals surface area contributed by atoms with E-state index in [1.807, 2.05) is 0 Å². The molecule has 2 saturated carbocycles. The highest BCUT2D eigenvalue weighted by atomic mass is 35.5. The summed E-state index contributed by atoms with van der Waals surface area (Å²) in [6, 6.07) is -0.159. The van der Waals surface area contributed by atoms with Crippen molar-refractivity contribution in [2.75, 3.05) is 19.6 Å². The second-order valence-electron chi connectivity index (χ2n) is 8.08. The van der Waals surface area contributed by atoms with E-state index < -0.39 is 15.3 Å². The number of hydrogen-bond donors (Lipinski definition) is 2. The number of likely N-dealkylation sites (tertiary alicyclic amines) is 1. The number of rotatable bonds is 6. The summed E-state index contributed by atoms with van der Waals surface area (Å²) in [7, 11) is -3.45. The van der Waals surface area contributed by atoms with Crippen LogP contribution in [0.15, 0.2) is 0 Å². The van der Waals surface area contributed by atoms with Crippen LogP contribution in [0.2, 0.25) is 0 Å². The molecule has 1 saturated heterocycles. The minimum absolute atomic E-state index is 0. The summed E-state index contributed by atoms with van der Waals surface area (Å²) in [5.41, 5.74) is 5.86. The van der Waals surface area contributed by atoms with Crippen molar-refractivity contribution < 1.29 is 13.2 Å². The molecule has 0 spiro atoms. The highest BCUT2D eigenvalue weighted by Crippen LogP contribution is 2.30. The van der Waals surface area contributed by atoms with Crippen molar-refractivity contribution >= 4 is 28.3 Å². The smallest absolute Gasteiger partial charge is 0.225 e. The van der Waals surface area contributed by atoms with Crippen molar-refractivity contribution in [3.63, 3.8) is 0 Å². The van der Waals surface area contributed by atoms with Crippen molar-refractivity contribution in [2.45, 2.75) is 75.5 Å². The van der Waals surface area contributed by atoms with Crippen LogP contribution in [0.3, 0.4) is 0 Å². The molecule has 26 heavy (non-hydrogen) atoms. The Bertz CT molecular complexity index is 560. The van der Waals surface area contributed by atoms with E-state index in [1.165, 1.54) is 0 Å². The quantitative estimate of drug-likeness (QED) is 0.704. The van der Waals surface area contributed by atoms with Crippen LogP contribution in [0, 0.1) is 11.8 Å². The molecule has 152 valence electrons. The van der Waals surface area contributed by atoms with Gasteiger partial charge in [-0.05, 0) is 44.4 Å². The molecule has 3 aliphatic rings. The number of hydrogen-bond acceptors (Lipinski definition) is 4. The number of halogens is 1. The van der Waals surface area contributed by atoms with Gasteiger partial charge >= 0.3 is 0 Å². The molecule has 0 aromatic rings. The van der Waals surface area contributed by atoms with E-state index in [1.54, 1.807) is 4.90 Å². The van der Waals surface area contributed by atoms with Crippen molar-refractivity contribution in [1.82, 2.24) is 9.62 Å². The first-order valence-electron chi connectivity index (χ1n) is 10.0. The van der Waals surface area contributed by atoms with Crippen LogP contribution in [0.25, 0.3) is 0 Å². The van der Waals surface area contributed by atoms with Crippen LogP contribution in [0.4, 0.5) is 0 Å². The van der Waals surface area contributed by atoms with Crippen LogP contribution in [0.1, 0.15) is 64.2 Å². The minimum atomic E-state index is -3.45. The van der Waals surface area contributed by atoms with E-state index >= 15 is 0 Å². The number of nitrogens with one attached hydrogen (secondary N) is 1. The maximum Gasteiger partial charge on any atom is 0.225 e. The molecule has 3 N–H and O–H groups in total. The molecule has 2 atom stereocenters. The summed E-state index contributed by atoms with van der Waals surface area (Å²) < 4.78 is 28.7. The average molecular weight is 408 g/mol. The lowest BCUT2D eigenvalue weighted by atomic mass is 9.99. The standard InChI is InChI=1S/C18H33N3O3S.ClH/c19-12-17(14-6-1-2-7-14)20-25(23,24)16-10-5-11-21(13-16)18(22)15-8-3-4-9-15;/h14-17,20H,1-13,19H2;1H. The van der Waals surface area contributed by atoms with Crippen molar-refractivity contribution in [2.24, 2.45) is 17.6 Å². The molecule has 1 amide bonds. The van der Waals surface area contributed by atoms with Gasteiger partial charge in [-0.1, -0.05) is 25.7 Å². The maximum absolute atomic E-state index is 12.9. The Morgan fingerprint density at radius 3 is 2.27 bits per heavy atom. The molecule has 0 radical (unpaired) electrons. The van der Waals surface area contributed by atoms with E-state index in [4.69, 9.17) is 5.73 Å². The maximum atomic E-state index is 12.9. The van der Waals surface area contributed by atoms with Gasteiger partial charge in [0.1, 0.15) is 0 Å². The fourth-order valence-electron chi connectivity index (χ4n) is 4.83. The van der Waals surface area contributed by atoms with E-state index in [-0.39, 0.29) is 30.3 Å². The second-order valence-corrected chi connectivity index (χ2v) is 10.1. The minimum Gasteiger partial charge on any atom is -0.341 e. The molecule has 3 fully saturated rings. The van der Waals surface area contributed by atoms with Gasteiger partial charge in [0.25, 0.3) is 0 Å². The Morgan fingerprint density at radius 1 is 1.04 bits per heavy atom. The third-order valence-electron chi connectivity index (χ3n) is 6.37. The van der Waals surface area contributed by atoms with Crippen LogP contribution in [0.5, 0.6) is 0 Å². The summed E-state index contributed by atoms with van der Waals surface area (Å²) in [4.78, 5) is 14.5. The fourth-order valence-corrected chi connectivity index (χ4v) is 6.58. The van der Waals surface area contributed by atoms with E-state index in [9.17, 15) is 13.2 Å². The number of amides is 1. The zero-order chi connectivity index (χ0) is 17.9. The van der Waals surface area contributed by atoms with Gasteiger partial charge in [0, 0.05) is 31.6 Å². The molecule has 1 aliphatic heterocycles. The first-order valence-corrected chi connectivity index (χ1v) is 11.6. The lowest BCUT2D eigenvalue weighted by molar-refractivity contribution is -0.136. The van der Waals surface area contributed by atoms with Crippen molar-refractivity contribution in [3.8, 4) is 0 Å². The summed E-state index contributed by atoms with van der Waals surface area (Å²) in [5.74, 6) is 0.646. The van der Waals surface area contributed by atoms with E-state index in [0.717, 1.165) is 57.8 Å². The van der Waals surface area contributed by atoms with Crippen LogP contribution in [-0.2, 0) is 14.8 Å². The topological polar surface area (TPSA) is 92.5 Å². The van der Waals surface area contributed by atoms with Crippen molar-refractivity contribution in [3.05, 3.63) is 0 Å². The Morgan fingerprint density at radius 2 is 1.65 bits per heavy atom. The number of piperidine rings is 1. The first-order chi connectivity index (χ1) is 12.0. The fraction of sp³-hybridized carbons (Fsp3) is 0.944. The third kappa shape index (κ3) is 5.12. The molecule has 0 bridgehead atoms. The average Bonchev–Trinajstić information content (AvgIpc) is 3.32. The predicted molar refractivity (Wildman–Crippen MR) is 106 cm³/mol. The highest BCUT2D eigenvalue weighted by molar-refractivity contribution is 7.90. The molecule has 2 aliphatic carbocycles. The van der Waals surface area contributed by atoms with E-state index in [0.29, 0.717) is 32.0 Å². The number of sulfonamides is 1. The highest BCUT2D eigenvalue weighted by Gasteiger charge is 2.37. The third-order valence-corrected chi connectivity index (χ3v) is 8.27. The van der Waals surface area contributed by atoms with Gasteiger partial charge in [-0.25, -0.2) is 13.1 Å². The zero-order valence-corrected chi connectivity index (χ0v) is 17.2. The van der Waals surface area contributed by atoms with Gasteiger partial charge in [0.2, 0.25) is 15.9 Å². The van der Waals surface area contributed by atoms with Gasteiger partial charge in [0.15, 0.2) is 0 Å². The monoisotopic (exact) mass is 407 g/mol. The molecular weight excluding hydrogens is 374 g/mol. The van der Waals surface area contributed by atoms with Gasteiger partial charge in [0.05, 0.1) is 5.25 Å². The molecule has 8 heteroatoms. The Labute approximate surface area is 164 Å². The Balaban J connectivity index is 0.00000243. The van der Waals surface area contributed by atoms with Crippen LogP contribution in [-0.4, -0.2) is 50.2 Å². The van der Waals surface area contributed by atoms with Crippen molar-refractivity contribution in [1.29, 1.82) is 0 Å². The molecule has 1 heterocycles. The summed E-state index contributed by atoms with van der Waals surface area (Å²) >= 11 is 0. The predicted octanol–water partition coefficient (Wildman–Crippen LogP) is 2.03. The number of carbonyl (C=O) groups excluding carboxylic acids is 1. The summed E-state index contributed by atoms with van der Waals surface area (Å²) in [6.07, 6.45) is 9.99. The molecule has 2 unspecified atom stereocenters. The number of nitrogens with two attached hydrogens (primary N) is 1. The molecule has 6 nitrogen and oxygen atoms in total. The van der Waals surface area contributed by atoms with Gasteiger partial charge in [-0.2, -0.15) is 0 Å². The largest absolute Gasteiger partial charge is 0.341 e. The summed E-state index contributed by atoms with van der Waals surface area (Å²) in [6.45, 7) is 1.39. The second kappa shape index (κ2) is 9.71. The summed E-state index contributed by atoms with van der Waals surface area (Å²) in [5, 5.41) is -0.498. The Kier molecular flexibility index (Phi) is 8.19. The molecule has 0 aromatic carbocycles. The zero-order valence-electron chi connectivity index (χ0n) is 15.6. The van der Waals surface area contributed by atoms with Gasteiger partial charge in [-0.15, -0.1) is 12.4 Å². The van der Waals surface area contributed by atoms with E-state index in [2.05, 4.69) is 4.72 Å². The molecule has 3 rings (SSSR count). The van der Waals surface area contributed by atoms with Gasteiger partial charge in [-0.3, -0.25) is 4.79 Å². The molecule has 0 aromatic heterocycles. The Hall–Kier alpha value is -0.370. The van der Waals surface area contributed by atoms with Crippen LogP contribution >= 0.6 is 12.4 Å². The van der Waals surface area contributed by atoms with Crippen LogP contribution < -0.4 is 10.5 Å². The lowest BCUT2D eigenvalue weighted by Gasteiger charge is -2.35. The lowest BCUT2D eigenvalue weighted by Crippen LogP contribution is -2.53.